The van der Waals surface area contributed by atoms with E-state index in [0.717, 1.165) is 41.2 Å². The molecule has 0 radical (unpaired) electrons. The van der Waals surface area contributed by atoms with Gasteiger partial charge in [0.25, 0.3) is 11.5 Å². The number of pyridine rings is 1. The van der Waals surface area contributed by atoms with Crippen LogP contribution in [0.25, 0.3) is 27.5 Å². The van der Waals surface area contributed by atoms with Crippen LogP contribution in [0.2, 0.25) is 10.0 Å². The quantitative estimate of drug-likeness (QED) is 0.286. The molecule has 0 atom stereocenters. The van der Waals surface area contributed by atoms with Crippen LogP contribution in [0.5, 0.6) is 0 Å². The molecule has 0 bridgehead atoms. The highest BCUT2D eigenvalue weighted by atomic mass is 35.5. The smallest absolute Gasteiger partial charge is 0.265 e. The Morgan fingerprint density at radius 2 is 1.77 bits per heavy atom. The van der Waals surface area contributed by atoms with Crippen molar-refractivity contribution in [2.75, 3.05) is 26.2 Å². The standard InChI is InChI=1S/C30H30Cl2N4O2S/c1-4-19-8-11-25(32)22(5-2)27(19)36-18(3)23(29(37)35-14-12-33-13-15-35)16-24(30(36)38)28-34-26(17-39-28)20-6-9-21(31)10-7-20/h6-11,16-17,33H,4-5,12-15H2,1-3H3. The van der Waals surface area contributed by atoms with Gasteiger partial charge in [-0.25, -0.2) is 4.98 Å². The van der Waals surface area contributed by atoms with E-state index in [0.29, 0.717) is 57.8 Å². The third-order valence-electron chi connectivity index (χ3n) is 7.22. The number of aryl methyl sites for hydroxylation is 1. The summed E-state index contributed by atoms with van der Waals surface area (Å²) in [4.78, 5) is 34.8. The number of halogens is 2. The first-order valence-electron chi connectivity index (χ1n) is 13.1. The van der Waals surface area contributed by atoms with Gasteiger partial charge in [0.2, 0.25) is 0 Å². The van der Waals surface area contributed by atoms with Crippen molar-refractivity contribution in [3.05, 3.63) is 90.6 Å². The highest BCUT2D eigenvalue weighted by Crippen LogP contribution is 2.33. The monoisotopic (exact) mass is 580 g/mol. The maximum atomic E-state index is 14.3. The Morgan fingerprint density at radius 1 is 1.05 bits per heavy atom. The van der Waals surface area contributed by atoms with Crippen molar-refractivity contribution < 1.29 is 4.79 Å². The first-order valence-corrected chi connectivity index (χ1v) is 14.8. The van der Waals surface area contributed by atoms with Crippen molar-refractivity contribution >= 4 is 40.4 Å². The predicted octanol–water partition coefficient (Wildman–Crippen LogP) is 6.41. The largest absolute Gasteiger partial charge is 0.336 e. The van der Waals surface area contributed by atoms with E-state index in [4.69, 9.17) is 28.2 Å². The molecule has 1 amide bonds. The van der Waals surface area contributed by atoms with Crippen LogP contribution >= 0.6 is 34.5 Å². The molecule has 1 aliphatic rings. The molecule has 6 nitrogen and oxygen atoms in total. The van der Waals surface area contributed by atoms with E-state index in [1.807, 2.05) is 60.5 Å². The van der Waals surface area contributed by atoms with Gasteiger partial charge in [0.05, 0.1) is 22.5 Å². The Balaban J connectivity index is 1.76. The predicted molar refractivity (Wildman–Crippen MR) is 161 cm³/mol. The molecule has 2 aromatic heterocycles. The molecule has 0 aliphatic carbocycles. The summed E-state index contributed by atoms with van der Waals surface area (Å²) in [6.45, 7) is 8.64. The number of benzene rings is 2. The molecule has 0 spiro atoms. The molecule has 1 aliphatic heterocycles. The highest BCUT2D eigenvalue weighted by molar-refractivity contribution is 7.13. The van der Waals surface area contributed by atoms with Crippen molar-refractivity contribution in [2.24, 2.45) is 0 Å². The molecule has 0 unspecified atom stereocenters. The number of hydrogen-bond donors (Lipinski definition) is 1. The van der Waals surface area contributed by atoms with Gasteiger partial charge in [-0.3, -0.25) is 14.2 Å². The number of carbonyl (C=O) groups excluding carboxylic acids is 1. The second-order valence-corrected chi connectivity index (χ2v) is 11.2. The van der Waals surface area contributed by atoms with Crippen LogP contribution in [-0.4, -0.2) is 46.5 Å². The molecular formula is C30H30Cl2N4O2S. The van der Waals surface area contributed by atoms with Crippen LogP contribution in [0.3, 0.4) is 0 Å². The lowest BCUT2D eigenvalue weighted by Crippen LogP contribution is -2.47. The Labute approximate surface area is 242 Å². The summed E-state index contributed by atoms with van der Waals surface area (Å²) in [5, 5.41) is 7.04. The SMILES string of the molecule is CCc1ccc(Cl)c(CC)c1-n1c(C)c(C(=O)N2CCNCC2)cc(-c2nc(-c3ccc(Cl)cc3)cs2)c1=O. The van der Waals surface area contributed by atoms with Gasteiger partial charge in [0, 0.05) is 52.9 Å². The average Bonchev–Trinajstić information content (AvgIpc) is 3.44. The van der Waals surface area contributed by atoms with Gasteiger partial charge in [-0.1, -0.05) is 55.2 Å². The molecule has 4 aromatic rings. The van der Waals surface area contributed by atoms with E-state index in [9.17, 15) is 9.59 Å². The van der Waals surface area contributed by atoms with Crippen LogP contribution in [0.1, 0.15) is 41.0 Å². The van der Waals surface area contributed by atoms with Crippen LogP contribution in [-0.2, 0) is 12.8 Å². The number of hydrogen-bond acceptors (Lipinski definition) is 5. The number of nitrogens with zero attached hydrogens (tertiary/aromatic N) is 3. The molecule has 2 aromatic carbocycles. The van der Waals surface area contributed by atoms with E-state index >= 15 is 0 Å². The summed E-state index contributed by atoms with van der Waals surface area (Å²) in [6.07, 6.45) is 1.37. The lowest BCUT2D eigenvalue weighted by Gasteiger charge is -2.29. The summed E-state index contributed by atoms with van der Waals surface area (Å²) in [7, 11) is 0. The van der Waals surface area contributed by atoms with Crippen LogP contribution < -0.4 is 10.9 Å². The second-order valence-electron chi connectivity index (χ2n) is 9.53. The Bertz CT molecular complexity index is 1590. The number of nitrogens with one attached hydrogen (secondary N) is 1. The van der Waals surface area contributed by atoms with E-state index in [1.165, 1.54) is 11.3 Å². The van der Waals surface area contributed by atoms with Crippen LogP contribution in [0, 0.1) is 6.92 Å². The highest BCUT2D eigenvalue weighted by Gasteiger charge is 2.27. The third-order valence-corrected chi connectivity index (χ3v) is 8.71. The van der Waals surface area contributed by atoms with Gasteiger partial charge in [0.1, 0.15) is 5.01 Å². The van der Waals surface area contributed by atoms with E-state index in [2.05, 4.69) is 12.2 Å². The first-order chi connectivity index (χ1) is 18.8. The maximum absolute atomic E-state index is 14.3. The average molecular weight is 582 g/mol. The zero-order chi connectivity index (χ0) is 27.7. The summed E-state index contributed by atoms with van der Waals surface area (Å²) in [5.41, 5.74) is 5.59. The number of piperazine rings is 1. The topological polar surface area (TPSA) is 67.2 Å². The minimum Gasteiger partial charge on any atom is -0.336 e. The summed E-state index contributed by atoms with van der Waals surface area (Å²) in [5.74, 6) is -0.0865. The van der Waals surface area contributed by atoms with Gasteiger partial charge in [0.15, 0.2) is 0 Å². The van der Waals surface area contributed by atoms with Crippen molar-refractivity contribution in [1.29, 1.82) is 0 Å². The second kappa shape index (κ2) is 11.6. The van der Waals surface area contributed by atoms with Crippen molar-refractivity contribution in [3.8, 4) is 27.5 Å². The minimum atomic E-state index is -0.215. The van der Waals surface area contributed by atoms with Gasteiger partial charge < -0.3 is 10.2 Å². The number of thiazole rings is 1. The molecule has 1 N–H and O–H groups in total. The zero-order valence-corrected chi connectivity index (χ0v) is 24.5. The van der Waals surface area contributed by atoms with Crippen molar-refractivity contribution in [3.63, 3.8) is 0 Å². The fourth-order valence-corrected chi connectivity index (χ4v) is 6.34. The van der Waals surface area contributed by atoms with Crippen LogP contribution in [0.15, 0.2) is 52.6 Å². The lowest BCUT2D eigenvalue weighted by atomic mass is 10.0. The molecular weight excluding hydrogens is 551 g/mol. The summed E-state index contributed by atoms with van der Waals surface area (Å²) >= 11 is 14.1. The lowest BCUT2D eigenvalue weighted by molar-refractivity contribution is 0.0734. The van der Waals surface area contributed by atoms with E-state index in [-0.39, 0.29) is 11.5 Å². The Morgan fingerprint density at radius 3 is 2.44 bits per heavy atom. The normalized spacial score (nSPS) is 13.6. The Hall–Kier alpha value is -2.97. The van der Waals surface area contributed by atoms with Gasteiger partial charge >= 0.3 is 0 Å². The van der Waals surface area contributed by atoms with E-state index < -0.39 is 0 Å². The number of rotatable bonds is 6. The fraction of sp³-hybridized carbons (Fsp3) is 0.300. The minimum absolute atomic E-state index is 0.0865. The maximum Gasteiger partial charge on any atom is 0.265 e. The zero-order valence-electron chi connectivity index (χ0n) is 22.2. The summed E-state index contributed by atoms with van der Waals surface area (Å²) < 4.78 is 1.69. The molecule has 9 heteroatoms. The van der Waals surface area contributed by atoms with Gasteiger partial charge in [-0.15, -0.1) is 11.3 Å². The molecule has 5 rings (SSSR count). The van der Waals surface area contributed by atoms with Crippen molar-refractivity contribution in [2.45, 2.75) is 33.6 Å². The van der Waals surface area contributed by atoms with E-state index in [1.54, 1.807) is 10.6 Å². The third kappa shape index (κ3) is 5.29. The van der Waals surface area contributed by atoms with Crippen molar-refractivity contribution in [1.82, 2.24) is 19.8 Å². The number of carbonyl (C=O) groups is 1. The number of aromatic nitrogens is 2. The summed E-state index contributed by atoms with van der Waals surface area (Å²) in [6, 6.07) is 13.0. The molecule has 1 fully saturated rings. The fourth-order valence-electron chi connectivity index (χ4n) is 5.09. The number of amides is 1. The first kappa shape index (κ1) is 27.6. The molecule has 202 valence electrons. The molecule has 3 heterocycles. The van der Waals surface area contributed by atoms with Gasteiger partial charge in [-0.05, 0) is 55.2 Å². The molecule has 0 saturated carbocycles. The molecule has 39 heavy (non-hydrogen) atoms. The molecule has 1 saturated heterocycles. The van der Waals surface area contributed by atoms with Gasteiger partial charge in [-0.2, -0.15) is 0 Å². The van der Waals surface area contributed by atoms with Crippen LogP contribution in [0.4, 0.5) is 0 Å². The Kier molecular flexibility index (Phi) is 8.24.